The van der Waals surface area contributed by atoms with Gasteiger partial charge in [0.1, 0.15) is 0 Å². The number of nitrogens with one attached hydrogen (secondary N) is 2. The Morgan fingerprint density at radius 3 is 2.56 bits per heavy atom. The van der Waals surface area contributed by atoms with Crippen molar-refractivity contribution in [2.75, 3.05) is 32.7 Å². The van der Waals surface area contributed by atoms with E-state index in [0.717, 1.165) is 30.3 Å². The molecule has 1 aromatic carbocycles. The number of hydrogen-bond donors (Lipinski definition) is 2. The van der Waals surface area contributed by atoms with Gasteiger partial charge in [0, 0.05) is 31.6 Å². The lowest BCUT2D eigenvalue weighted by Gasteiger charge is -2.38. The molecule has 2 fully saturated rings. The number of H-pyrrole nitrogens is 1. The highest BCUT2D eigenvalue weighted by Gasteiger charge is 2.40. The fourth-order valence-corrected chi connectivity index (χ4v) is 3.82. The van der Waals surface area contributed by atoms with Gasteiger partial charge in [-0.1, -0.05) is 18.2 Å². The number of aromatic amines is 1. The average Bonchev–Trinajstić information content (AvgIpc) is 3.28. The topological polar surface area (TPSA) is 81.3 Å². The van der Waals surface area contributed by atoms with Crippen LogP contribution in [0.1, 0.15) is 30.3 Å². The Labute approximate surface area is 146 Å². The molecule has 4 rings (SSSR count). The molecule has 2 amide bonds. The summed E-state index contributed by atoms with van der Waals surface area (Å²) in [4.78, 5) is 29.2. The van der Waals surface area contributed by atoms with Crippen molar-refractivity contribution in [2.24, 2.45) is 0 Å². The standard InChI is InChI=1S/C18H23N5O2/c1-18(7-4-8-19-18)17(25)23-11-9-22(10-12-23)16(24)15-13-5-2-3-6-14(13)20-21-15/h2-3,5-6,19H,4,7-12H2,1H3,(H,20,21). The first kappa shape index (κ1) is 16.1. The number of para-hydroxylation sites is 1. The number of hydrogen-bond acceptors (Lipinski definition) is 4. The van der Waals surface area contributed by atoms with Crippen LogP contribution >= 0.6 is 0 Å². The Hall–Kier alpha value is -2.41. The van der Waals surface area contributed by atoms with E-state index < -0.39 is 5.54 Å². The van der Waals surface area contributed by atoms with Gasteiger partial charge in [-0.2, -0.15) is 5.10 Å². The van der Waals surface area contributed by atoms with Crippen LogP contribution in [0.5, 0.6) is 0 Å². The van der Waals surface area contributed by atoms with Gasteiger partial charge in [-0.3, -0.25) is 14.7 Å². The smallest absolute Gasteiger partial charge is 0.275 e. The predicted molar refractivity (Wildman–Crippen MR) is 94.2 cm³/mol. The zero-order valence-corrected chi connectivity index (χ0v) is 14.4. The first-order valence-electron chi connectivity index (χ1n) is 8.85. The minimum Gasteiger partial charge on any atom is -0.338 e. The van der Waals surface area contributed by atoms with Gasteiger partial charge in [0.15, 0.2) is 5.69 Å². The van der Waals surface area contributed by atoms with Crippen LogP contribution in [0.2, 0.25) is 0 Å². The molecule has 25 heavy (non-hydrogen) atoms. The third kappa shape index (κ3) is 2.78. The monoisotopic (exact) mass is 341 g/mol. The van der Waals surface area contributed by atoms with E-state index in [9.17, 15) is 9.59 Å². The molecule has 2 aromatic rings. The number of benzene rings is 1. The molecule has 2 aliphatic heterocycles. The van der Waals surface area contributed by atoms with E-state index >= 15 is 0 Å². The normalized spacial score (nSPS) is 24.0. The fraction of sp³-hybridized carbons (Fsp3) is 0.500. The van der Waals surface area contributed by atoms with Gasteiger partial charge in [0.2, 0.25) is 5.91 Å². The highest BCUT2D eigenvalue weighted by molar-refractivity contribution is 6.04. The number of piperazine rings is 1. The molecule has 2 saturated heterocycles. The van der Waals surface area contributed by atoms with Crippen molar-refractivity contribution >= 4 is 22.7 Å². The molecule has 2 aliphatic rings. The Kier molecular flexibility index (Phi) is 3.95. The fourth-order valence-electron chi connectivity index (χ4n) is 3.82. The first-order valence-corrected chi connectivity index (χ1v) is 8.85. The Balaban J connectivity index is 1.43. The van der Waals surface area contributed by atoms with Crippen LogP contribution in [0.25, 0.3) is 10.9 Å². The Bertz CT molecular complexity index is 801. The summed E-state index contributed by atoms with van der Waals surface area (Å²) in [5.74, 6) is 0.0806. The van der Waals surface area contributed by atoms with Crippen molar-refractivity contribution in [2.45, 2.75) is 25.3 Å². The molecule has 7 nitrogen and oxygen atoms in total. The highest BCUT2D eigenvalue weighted by atomic mass is 16.2. The van der Waals surface area contributed by atoms with Gasteiger partial charge in [0.25, 0.3) is 5.91 Å². The maximum atomic E-state index is 12.8. The number of nitrogens with zero attached hydrogens (tertiary/aromatic N) is 3. The molecule has 0 saturated carbocycles. The van der Waals surface area contributed by atoms with Crippen LogP contribution in [0.15, 0.2) is 24.3 Å². The number of rotatable bonds is 2. The number of fused-ring (bicyclic) bond motifs is 1. The summed E-state index contributed by atoms with van der Waals surface area (Å²) >= 11 is 0. The number of aromatic nitrogens is 2. The Morgan fingerprint density at radius 2 is 1.84 bits per heavy atom. The molecule has 7 heteroatoms. The molecule has 1 aromatic heterocycles. The van der Waals surface area contributed by atoms with Crippen molar-refractivity contribution < 1.29 is 9.59 Å². The van der Waals surface area contributed by atoms with E-state index in [1.807, 2.05) is 36.1 Å². The zero-order chi connectivity index (χ0) is 17.4. The first-order chi connectivity index (χ1) is 12.1. The highest BCUT2D eigenvalue weighted by Crippen LogP contribution is 2.23. The summed E-state index contributed by atoms with van der Waals surface area (Å²) in [6, 6.07) is 7.63. The van der Waals surface area contributed by atoms with Crippen molar-refractivity contribution in [1.29, 1.82) is 0 Å². The summed E-state index contributed by atoms with van der Waals surface area (Å²) in [7, 11) is 0. The van der Waals surface area contributed by atoms with E-state index in [0.29, 0.717) is 31.9 Å². The maximum absolute atomic E-state index is 12.8. The van der Waals surface area contributed by atoms with Crippen molar-refractivity contribution in [1.82, 2.24) is 25.3 Å². The van der Waals surface area contributed by atoms with Crippen molar-refractivity contribution in [3.8, 4) is 0 Å². The van der Waals surface area contributed by atoms with Crippen LogP contribution in [0, 0.1) is 0 Å². The predicted octanol–water partition coefficient (Wildman–Crippen LogP) is 0.989. The van der Waals surface area contributed by atoms with E-state index in [1.54, 1.807) is 4.90 Å². The van der Waals surface area contributed by atoms with Crippen LogP contribution in [0.3, 0.4) is 0 Å². The van der Waals surface area contributed by atoms with Crippen LogP contribution in [0.4, 0.5) is 0 Å². The lowest BCUT2D eigenvalue weighted by molar-refractivity contribution is -0.138. The van der Waals surface area contributed by atoms with E-state index in [2.05, 4.69) is 15.5 Å². The van der Waals surface area contributed by atoms with Crippen molar-refractivity contribution in [3.63, 3.8) is 0 Å². The summed E-state index contributed by atoms with van der Waals surface area (Å²) < 4.78 is 0. The van der Waals surface area contributed by atoms with Crippen molar-refractivity contribution in [3.05, 3.63) is 30.0 Å². The van der Waals surface area contributed by atoms with Gasteiger partial charge in [-0.15, -0.1) is 0 Å². The second-order valence-corrected chi connectivity index (χ2v) is 7.06. The summed E-state index contributed by atoms with van der Waals surface area (Å²) in [5.41, 5.74) is 0.879. The largest absolute Gasteiger partial charge is 0.338 e. The molecule has 1 unspecified atom stereocenters. The van der Waals surface area contributed by atoms with Gasteiger partial charge >= 0.3 is 0 Å². The minimum atomic E-state index is -0.440. The molecule has 0 aliphatic carbocycles. The third-order valence-corrected chi connectivity index (χ3v) is 5.37. The molecular weight excluding hydrogens is 318 g/mol. The molecule has 3 heterocycles. The Morgan fingerprint density at radius 1 is 1.12 bits per heavy atom. The second kappa shape index (κ2) is 6.15. The second-order valence-electron chi connectivity index (χ2n) is 7.06. The molecule has 0 radical (unpaired) electrons. The molecule has 2 N–H and O–H groups in total. The maximum Gasteiger partial charge on any atom is 0.275 e. The van der Waals surface area contributed by atoms with Crippen LogP contribution < -0.4 is 5.32 Å². The minimum absolute atomic E-state index is 0.0743. The third-order valence-electron chi connectivity index (χ3n) is 5.37. The van der Waals surface area contributed by atoms with Gasteiger partial charge in [-0.05, 0) is 32.4 Å². The van der Waals surface area contributed by atoms with Gasteiger partial charge in [0.05, 0.1) is 11.1 Å². The molecular formula is C18H23N5O2. The zero-order valence-electron chi connectivity index (χ0n) is 14.4. The van der Waals surface area contributed by atoms with Gasteiger partial charge in [-0.25, -0.2) is 0 Å². The van der Waals surface area contributed by atoms with Crippen LogP contribution in [-0.2, 0) is 4.79 Å². The van der Waals surface area contributed by atoms with E-state index in [4.69, 9.17) is 0 Å². The molecule has 0 spiro atoms. The van der Waals surface area contributed by atoms with E-state index in [-0.39, 0.29) is 11.8 Å². The number of carbonyl (C=O) groups excluding carboxylic acids is 2. The average molecular weight is 341 g/mol. The lowest BCUT2D eigenvalue weighted by atomic mass is 9.98. The quantitative estimate of drug-likeness (QED) is 0.853. The SMILES string of the molecule is CC1(C(=O)N2CCN(C(=O)c3n[nH]c4ccccc34)CC2)CCCN1. The summed E-state index contributed by atoms with van der Waals surface area (Å²) in [5, 5.41) is 11.3. The summed E-state index contributed by atoms with van der Waals surface area (Å²) in [6.07, 6.45) is 1.91. The number of amides is 2. The molecule has 132 valence electrons. The van der Waals surface area contributed by atoms with E-state index in [1.165, 1.54) is 0 Å². The van der Waals surface area contributed by atoms with Gasteiger partial charge < -0.3 is 15.1 Å². The summed E-state index contributed by atoms with van der Waals surface area (Å²) in [6.45, 7) is 5.11. The molecule has 0 bridgehead atoms. The van der Waals surface area contributed by atoms with Crippen LogP contribution in [-0.4, -0.2) is 70.1 Å². The lowest BCUT2D eigenvalue weighted by Crippen LogP contribution is -2.58. The number of carbonyl (C=O) groups is 2. The molecule has 1 atom stereocenters.